The second-order valence-electron chi connectivity index (χ2n) is 6.81. The number of ether oxygens (including phenoxy) is 2. The molecule has 0 aliphatic carbocycles. The van der Waals surface area contributed by atoms with Crippen molar-refractivity contribution >= 4 is 11.5 Å². The molecule has 1 aromatic heterocycles. The zero-order chi connectivity index (χ0) is 20.2. The average Bonchev–Trinajstić information content (AvgIpc) is 2.79. The molecule has 3 aromatic rings. The van der Waals surface area contributed by atoms with Gasteiger partial charge >= 0.3 is 0 Å². The van der Waals surface area contributed by atoms with E-state index < -0.39 is 0 Å². The van der Waals surface area contributed by atoms with Crippen LogP contribution in [0.25, 0.3) is 11.1 Å². The minimum atomic E-state index is 0.146. The first kappa shape index (κ1) is 18.8. The molecule has 148 valence electrons. The molecule has 1 unspecified atom stereocenters. The summed E-state index contributed by atoms with van der Waals surface area (Å²) in [5.74, 6) is 1.95. The molecule has 0 amide bonds. The number of hydrogen-bond acceptors (Lipinski definition) is 6. The van der Waals surface area contributed by atoms with Crippen LogP contribution < -0.4 is 20.1 Å². The molecule has 2 N–H and O–H groups in total. The van der Waals surface area contributed by atoms with Gasteiger partial charge < -0.3 is 20.1 Å². The molecule has 29 heavy (non-hydrogen) atoms. The second-order valence-corrected chi connectivity index (χ2v) is 6.81. The van der Waals surface area contributed by atoms with Crippen LogP contribution in [0.15, 0.2) is 65.8 Å². The first-order chi connectivity index (χ1) is 14.2. The van der Waals surface area contributed by atoms with E-state index in [1.54, 1.807) is 20.4 Å². The van der Waals surface area contributed by atoms with Crippen molar-refractivity contribution in [1.82, 2.24) is 10.3 Å². The molecule has 0 bridgehead atoms. The molecule has 6 heteroatoms. The molecule has 0 saturated heterocycles. The number of nitrogens with zero attached hydrogens (tertiary/aromatic N) is 2. The Bertz CT molecular complexity index is 1030. The van der Waals surface area contributed by atoms with Gasteiger partial charge in [0.15, 0.2) is 5.75 Å². The number of aromatic nitrogens is 1. The highest BCUT2D eigenvalue weighted by molar-refractivity contribution is 6.05. The van der Waals surface area contributed by atoms with Gasteiger partial charge in [-0.2, -0.15) is 0 Å². The van der Waals surface area contributed by atoms with Crippen molar-refractivity contribution < 1.29 is 9.47 Å². The van der Waals surface area contributed by atoms with Gasteiger partial charge in [0.05, 0.1) is 14.2 Å². The maximum atomic E-state index is 5.40. The van der Waals surface area contributed by atoms with Crippen LogP contribution in [-0.2, 0) is 0 Å². The van der Waals surface area contributed by atoms with Crippen molar-refractivity contribution in [2.45, 2.75) is 13.0 Å². The predicted molar refractivity (Wildman–Crippen MR) is 116 cm³/mol. The molecule has 1 atom stereocenters. The zero-order valence-corrected chi connectivity index (χ0v) is 16.8. The number of nitrogens with one attached hydrogen (secondary N) is 2. The number of aliphatic imine (C=N–C) groups is 1. The Kier molecular flexibility index (Phi) is 5.33. The Hall–Kier alpha value is -3.54. The maximum absolute atomic E-state index is 5.40. The van der Waals surface area contributed by atoms with Crippen LogP contribution in [0.1, 0.15) is 24.1 Å². The number of benzene rings is 2. The second kappa shape index (κ2) is 8.22. The van der Waals surface area contributed by atoms with E-state index in [0.29, 0.717) is 18.3 Å². The fourth-order valence-electron chi connectivity index (χ4n) is 3.41. The van der Waals surface area contributed by atoms with E-state index in [4.69, 9.17) is 9.47 Å². The Morgan fingerprint density at radius 3 is 2.59 bits per heavy atom. The van der Waals surface area contributed by atoms with E-state index in [1.807, 2.05) is 24.3 Å². The molecular weight excluding hydrogens is 364 g/mol. The van der Waals surface area contributed by atoms with E-state index in [1.165, 1.54) is 5.56 Å². The summed E-state index contributed by atoms with van der Waals surface area (Å²) in [7, 11) is 3.19. The first-order valence-electron chi connectivity index (χ1n) is 9.52. The molecule has 1 aliphatic rings. The molecule has 0 radical (unpaired) electrons. The summed E-state index contributed by atoms with van der Waals surface area (Å²) in [6, 6.07) is 18.7. The minimum absolute atomic E-state index is 0.146. The van der Waals surface area contributed by atoms with E-state index in [9.17, 15) is 0 Å². The highest BCUT2D eigenvalue weighted by Crippen LogP contribution is 2.32. The summed E-state index contributed by atoms with van der Waals surface area (Å²) >= 11 is 0. The van der Waals surface area contributed by atoms with Gasteiger partial charge in [-0.15, -0.1) is 0 Å². The smallest absolute Gasteiger partial charge is 0.256 e. The summed E-state index contributed by atoms with van der Waals surface area (Å²) in [6.45, 7) is 2.69. The molecule has 4 rings (SSSR count). The summed E-state index contributed by atoms with van der Waals surface area (Å²) < 4.78 is 10.6. The van der Waals surface area contributed by atoms with Crippen molar-refractivity contribution in [1.29, 1.82) is 0 Å². The van der Waals surface area contributed by atoms with Crippen molar-refractivity contribution in [2.75, 3.05) is 26.2 Å². The predicted octanol–water partition coefficient (Wildman–Crippen LogP) is 4.25. The lowest BCUT2D eigenvalue weighted by Gasteiger charge is -2.24. The van der Waals surface area contributed by atoms with Gasteiger partial charge in [0.2, 0.25) is 0 Å². The van der Waals surface area contributed by atoms with E-state index >= 15 is 0 Å². The summed E-state index contributed by atoms with van der Waals surface area (Å²) in [5.41, 5.74) is 5.29. The Morgan fingerprint density at radius 2 is 1.83 bits per heavy atom. The van der Waals surface area contributed by atoms with Crippen LogP contribution >= 0.6 is 0 Å². The lowest BCUT2D eigenvalue weighted by atomic mass is 10.0. The summed E-state index contributed by atoms with van der Waals surface area (Å²) in [5, 5.41) is 6.90. The average molecular weight is 388 g/mol. The number of fused-ring (bicyclic) bond motifs is 1. The number of methoxy groups -OCH3 is 2. The standard InChI is InChI=1S/C23H24N4O2/c1-15(16-7-5-4-6-8-16)27-22-19-11-17(9-10-20(19)25-14-26-22)18-12-21(28-2)23(29-3)24-13-18/h4-13,15,25H,14H2,1-3H3,(H,26,27). The Labute approximate surface area is 170 Å². The Balaban J connectivity index is 1.65. The third-order valence-corrected chi connectivity index (χ3v) is 5.00. The largest absolute Gasteiger partial charge is 0.491 e. The van der Waals surface area contributed by atoms with Crippen molar-refractivity contribution in [2.24, 2.45) is 4.99 Å². The Morgan fingerprint density at radius 1 is 1.00 bits per heavy atom. The van der Waals surface area contributed by atoms with Gasteiger partial charge in [-0.1, -0.05) is 36.4 Å². The van der Waals surface area contributed by atoms with Gasteiger partial charge in [0.1, 0.15) is 12.5 Å². The minimum Gasteiger partial charge on any atom is -0.491 e. The molecule has 2 aromatic carbocycles. The van der Waals surface area contributed by atoms with Crippen LogP contribution in [0.3, 0.4) is 0 Å². The monoisotopic (exact) mass is 388 g/mol. The molecule has 2 heterocycles. The third-order valence-electron chi connectivity index (χ3n) is 5.00. The fraction of sp³-hybridized carbons (Fsp3) is 0.217. The van der Waals surface area contributed by atoms with Crippen LogP contribution in [0.4, 0.5) is 5.69 Å². The quantitative estimate of drug-likeness (QED) is 0.684. The summed E-state index contributed by atoms with van der Waals surface area (Å²) in [4.78, 5) is 9.02. The van der Waals surface area contributed by atoms with Gasteiger partial charge in [-0.05, 0) is 36.2 Å². The van der Waals surface area contributed by atoms with E-state index in [2.05, 4.69) is 57.9 Å². The summed E-state index contributed by atoms with van der Waals surface area (Å²) in [6.07, 6.45) is 1.79. The van der Waals surface area contributed by atoms with Gasteiger partial charge in [0.25, 0.3) is 5.88 Å². The lowest BCUT2D eigenvalue weighted by Crippen LogP contribution is -2.31. The third kappa shape index (κ3) is 3.87. The fourth-order valence-corrected chi connectivity index (χ4v) is 3.41. The maximum Gasteiger partial charge on any atom is 0.256 e. The molecule has 1 aliphatic heterocycles. The van der Waals surface area contributed by atoms with Crippen LogP contribution in [0.2, 0.25) is 0 Å². The van der Waals surface area contributed by atoms with Crippen LogP contribution in [0, 0.1) is 0 Å². The van der Waals surface area contributed by atoms with Crippen molar-refractivity contribution in [3.05, 3.63) is 71.9 Å². The number of pyridine rings is 1. The van der Waals surface area contributed by atoms with Gasteiger partial charge in [-0.3, -0.25) is 0 Å². The topological polar surface area (TPSA) is 67.8 Å². The number of amidine groups is 1. The van der Waals surface area contributed by atoms with Crippen LogP contribution in [0.5, 0.6) is 11.6 Å². The van der Waals surface area contributed by atoms with Crippen LogP contribution in [-0.4, -0.2) is 31.7 Å². The number of hydrogen-bond donors (Lipinski definition) is 2. The first-order valence-corrected chi connectivity index (χ1v) is 9.52. The molecule has 0 saturated carbocycles. The SMILES string of the molecule is COc1cc(-c2ccc3c(c2)C(NC(C)c2ccccc2)=NCN3)cnc1OC. The van der Waals surface area contributed by atoms with E-state index in [0.717, 1.165) is 28.2 Å². The zero-order valence-electron chi connectivity index (χ0n) is 16.8. The normalized spacial score (nSPS) is 13.6. The molecular formula is C23H24N4O2. The number of anilines is 1. The van der Waals surface area contributed by atoms with E-state index in [-0.39, 0.29) is 6.04 Å². The highest BCUT2D eigenvalue weighted by atomic mass is 16.5. The molecule has 6 nitrogen and oxygen atoms in total. The molecule has 0 spiro atoms. The number of rotatable bonds is 5. The van der Waals surface area contributed by atoms with Crippen molar-refractivity contribution in [3.63, 3.8) is 0 Å². The van der Waals surface area contributed by atoms with Gasteiger partial charge in [0, 0.05) is 29.1 Å². The highest BCUT2D eigenvalue weighted by Gasteiger charge is 2.18. The van der Waals surface area contributed by atoms with Crippen molar-refractivity contribution in [3.8, 4) is 22.8 Å². The van der Waals surface area contributed by atoms with Gasteiger partial charge in [-0.25, -0.2) is 9.98 Å². The lowest BCUT2D eigenvalue weighted by molar-refractivity contribution is 0.343. The molecule has 0 fully saturated rings.